The van der Waals surface area contributed by atoms with Crippen molar-refractivity contribution in [1.82, 2.24) is 14.3 Å². The number of hydrogen-bond donors (Lipinski definition) is 0. The van der Waals surface area contributed by atoms with Crippen LogP contribution in [0.5, 0.6) is 0 Å². The van der Waals surface area contributed by atoms with Crippen LogP contribution in [-0.4, -0.2) is 38.4 Å². The van der Waals surface area contributed by atoms with Crippen LogP contribution < -0.4 is 4.80 Å². The fraction of sp³-hybridized carbons (Fsp3) is 0.353. The van der Waals surface area contributed by atoms with E-state index >= 15 is 0 Å². The molecule has 0 atom stereocenters. The topological polar surface area (TPSA) is 105 Å². The highest BCUT2D eigenvalue weighted by molar-refractivity contribution is 7.16. The van der Waals surface area contributed by atoms with E-state index in [1.807, 2.05) is 11.5 Å². The predicted molar refractivity (Wildman–Crippen MR) is 101 cm³/mol. The third-order valence-electron chi connectivity index (χ3n) is 3.95. The summed E-state index contributed by atoms with van der Waals surface area (Å²) in [7, 11) is 1.74. The van der Waals surface area contributed by atoms with Crippen LogP contribution in [0.15, 0.2) is 29.4 Å². The summed E-state index contributed by atoms with van der Waals surface area (Å²) in [6, 6.07) is 4.61. The van der Waals surface area contributed by atoms with Crippen LogP contribution in [0, 0.1) is 17.0 Å². The van der Waals surface area contributed by atoms with Crippen LogP contribution in [0.3, 0.4) is 0 Å². The molecule has 2 aromatic heterocycles. The molecule has 0 aliphatic carbocycles. The fourth-order valence-corrected chi connectivity index (χ4v) is 3.82. The summed E-state index contributed by atoms with van der Waals surface area (Å²) < 4.78 is 9.51. The van der Waals surface area contributed by atoms with Crippen molar-refractivity contribution >= 4 is 33.1 Å². The number of rotatable bonds is 6. The van der Waals surface area contributed by atoms with E-state index in [-0.39, 0.29) is 11.4 Å². The van der Waals surface area contributed by atoms with Crippen LogP contribution in [0.1, 0.15) is 23.0 Å². The second-order valence-electron chi connectivity index (χ2n) is 5.89. The summed E-state index contributed by atoms with van der Waals surface area (Å²) in [6.45, 7) is 5.21. The molecule has 0 unspecified atom stereocenters. The minimum Gasteiger partial charge on any atom is -0.380 e. The zero-order valence-electron chi connectivity index (χ0n) is 15.2. The van der Waals surface area contributed by atoms with Crippen molar-refractivity contribution in [2.75, 3.05) is 13.2 Å². The molecule has 9 nitrogen and oxygen atoms in total. The van der Waals surface area contributed by atoms with Gasteiger partial charge in [-0.15, -0.1) is 0 Å². The highest BCUT2D eigenvalue weighted by Crippen LogP contribution is 2.23. The number of carbonyl (C=O) groups excluding carboxylic acids is 1. The first-order chi connectivity index (χ1) is 12.9. The highest BCUT2D eigenvalue weighted by Gasteiger charge is 2.15. The SMILES string of the molecule is CCOCCn1c(=NC(=O)c2nn(C)cc2C)sc2cc([N+](=O)[O-])ccc21. The molecule has 0 N–H and O–H groups in total. The number of benzene rings is 1. The fourth-order valence-electron chi connectivity index (χ4n) is 2.74. The third-order valence-corrected chi connectivity index (χ3v) is 4.99. The first-order valence-electron chi connectivity index (χ1n) is 8.35. The van der Waals surface area contributed by atoms with Crippen LogP contribution >= 0.6 is 11.3 Å². The molecule has 3 aromatic rings. The molecule has 3 rings (SSSR count). The van der Waals surface area contributed by atoms with Gasteiger partial charge in [0.15, 0.2) is 10.5 Å². The average Bonchev–Trinajstić information content (AvgIpc) is 3.13. The summed E-state index contributed by atoms with van der Waals surface area (Å²) in [4.78, 5) is 27.9. The van der Waals surface area contributed by atoms with Gasteiger partial charge in [-0.05, 0) is 19.9 Å². The monoisotopic (exact) mass is 389 g/mol. The van der Waals surface area contributed by atoms with Gasteiger partial charge >= 0.3 is 0 Å². The molecule has 10 heteroatoms. The van der Waals surface area contributed by atoms with Gasteiger partial charge in [-0.2, -0.15) is 10.1 Å². The smallest absolute Gasteiger partial charge is 0.300 e. The number of thiazole rings is 1. The lowest BCUT2D eigenvalue weighted by molar-refractivity contribution is -0.384. The third kappa shape index (κ3) is 3.96. The largest absolute Gasteiger partial charge is 0.380 e. The van der Waals surface area contributed by atoms with Crippen LogP contribution in [0.4, 0.5) is 5.69 Å². The van der Waals surface area contributed by atoms with Gasteiger partial charge < -0.3 is 9.30 Å². The maximum Gasteiger partial charge on any atom is 0.300 e. The molecule has 0 aliphatic heterocycles. The number of aromatic nitrogens is 3. The molecule has 142 valence electrons. The average molecular weight is 389 g/mol. The molecular formula is C17H19N5O4S. The summed E-state index contributed by atoms with van der Waals surface area (Å²) in [6.07, 6.45) is 1.75. The van der Waals surface area contributed by atoms with E-state index in [0.29, 0.717) is 29.3 Å². The van der Waals surface area contributed by atoms with Gasteiger partial charge in [-0.3, -0.25) is 19.6 Å². The standard InChI is InChI=1S/C17H19N5O4S/c1-4-26-8-7-21-13-6-5-12(22(24)25)9-14(13)27-17(21)18-16(23)15-11(2)10-20(3)19-15/h5-6,9-10H,4,7-8H2,1-3H3. The van der Waals surface area contributed by atoms with Gasteiger partial charge in [0.1, 0.15) is 0 Å². The van der Waals surface area contributed by atoms with Crippen LogP contribution in [0.25, 0.3) is 10.2 Å². The Labute approximate surface area is 158 Å². The second kappa shape index (κ2) is 7.80. The van der Waals surface area contributed by atoms with E-state index in [4.69, 9.17) is 4.74 Å². The predicted octanol–water partition coefficient (Wildman–Crippen LogP) is 2.43. The zero-order chi connectivity index (χ0) is 19.6. The Morgan fingerprint density at radius 1 is 1.44 bits per heavy atom. The Hall–Kier alpha value is -2.85. The lowest BCUT2D eigenvalue weighted by Crippen LogP contribution is -2.20. The number of nitro groups is 1. The zero-order valence-corrected chi connectivity index (χ0v) is 16.0. The summed E-state index contributed by atoms with van der Waals surface area (Å²) in [5.74, 6) is -0.445. The molecule has 27 heavy (non-hydrogen) atoms. The molecule has 2 heterocycles. The van der Waals surface area contributed by atoms with Gasteiger partial charge in [0, 0.05) is 44.1 Å². The quantitative estimate of drug-likeness (QED) is 0.366. The van der Waals surface area contributed by atoms with Crippen molar-refractivity contribution < 1.29 is 14.5 Å². The number of hydrogen-bond acceptors (Lipinski definition) is 6. The molecule has 0 saturated heterocycles. The minimum absolute atomic E-state index is 0.000782. The summed E-state index contributed by atoms with van der Waals surface area (Å²) in [5, 5.41) is 15.2. The second-order valence-corrected chi connectivity index (χ2v) is 6.90. The van der Waals surface area contributed by atoms with Crippen molar-refractivity contribution in [1.29, 1.82) is 0 Å². The maximum atomic E-state index is 12.6. The van der Waals surface area contributed by atoms with E-state index in [1.54, 1.807) is 30.9 Å². The van der Waals surface area contributed by atoms with E-state index in [1.165, 1.54) is 23.5 Å². The van der Waals surface area contributed by atoms with Gasteiger partial charge in [-0.1, -0.05) is 11.3 Å². The highest BCUT2D eigenvalue weighted by atomic mass is 32.1. The lowest BCUT2D eigenvalue weighted by atomic mass is 10.3. The molecule has 0 saturated carbocycles. The molecule has 1 amide bonds. The van der Waals surface area contributed by atoms with Gasteiger partial charge in [-0.25, -0.2) is 0 Å². The molecule has 0 bridgehead atoms. The number of fused-ring (bicyclic) bond motifs is 1. The van der Waals surface area contributed by atoms with Crippen molar-refractivity contribution in [2.24, 2.45) is 12.0 Å². The molecular weight excluding hydrogens is 370 g/mol. The van der Waals surface area contributed by atoms with Gasteiger partial charge in [0.05, 0.1) is 21.7 Å². The Balaban J connectivity index is 2.11. The molecule has 0 aliphatic rings. The summed E-state index contributed by atoms with van der Waals surface area (Å²) in [5.41, 5.74) is 1.80. The number of nitro benzene ring substituents is 1. The Kier molecular flexibility index (Phi) is 5.47. The van der Waals surface area contributed by atoms with Crippen molar-refractivity contribution in [2.45, 2.75) is 20.4 Å². The van der Waals surface area contributed by atoms with Crippen LogP contribution in [0.2, 0.25) is 0 Å². The van der Waals surface area contributed by atoms with E-state index in [2.05, 4.69) is 10.1 Å². The van der Waals surface area contributed by atoms with Gasteiger partial charge in [0.2, 0.25) is 0 Å². The normalized spacial score (nSPS) is 12.0. The Morgan fingerprint density at radius 3 is 2.85 bits per heavy atom. The van der Waals surface area contributed by atoms with Crippen molar-refractivity contribution in [3.05, 3.63) is 50.6 Å². The number of ether oxygens (including phenoxy) is 1. The number of aryl methyl sites for hydroxylation is 2. The Morgan fingerprint density at radius 2 is 2.22 bits per heavy atom. The van der Waals surface area contributed by atoms with Crippen LogP contribution in [-0.2, 0) is 18.3 Å². The van der Waals surface area contributed by atoms with Crippen molar-refractivity contribution in [3.63, 3.8) is 0 Å². The van der Waals surface area contributed by atoms with Gasteiger partial charge in [0.25, 0.3) is 11.6 Å². The lowest BCUT2D eigenvalue weighted by Gasteiger charge is -2.05. The molecule has 0 fully saturated rings. The number of nitrogens with zero attached hydrogens (tertiary/aromatic N) is 5. The molecule has 1 aromatic carbocycles. The number of carbonyl (C=O) groups is 1. The summed E-state index contributed by atoms with van der Waals surface area (Å²) >= 11 is 1.23. The van der Waals surface area contributed by atoms with E-state index in [0.717, 1.165) is 11.1 Å². The molecule has 0 radical (unpaired) electrons. The first-order valence-corrected chi connectivity index (χ1v) is 9.17. The maximum absolute atomic E-state index is 12.6. The Bertz CT molecular complexity index is 1080. The number of amides is 1. The minimum atomic E-state index is -0.445. The molecule has 0 spiro atoms. The number of non-ortho nitro benzene ring substituents is 1. The first kappa shape index (κ1) is 18.9. The van der Waals surface area contributed by atoms with E-state index in [9.17, 15) is 14.9 Å². The van der Waals surface area contributed by atoms with E-state index < -0.39 is 10.8 Å². The van der Waals surface area contributed by atoms with Crippen molar-refractivity contribution in [3.8, 4) is 0 Å².